The molecule has 0 bridgehead atoms. The molecule has 0 aliphatic rings. The van der Waals surface area contributed by atoms with Gasteiger partial charge < -0.3 is 10.4 Å². The van der Waals surface area contributed by atoms with Crippen LogP contribution in [0.2, 0.25) is 0 Å². The number of pyridine rings is 1. The minimum atomic E-state index is -1.08. The lowest BCUT2D eigenvalue weighted by Crippen LogP contribution is -2.03. The maximum absolute atomic E-state index is 11.3. The van der Waals surface area contributed by atoms with Crippen LogP contribution >= 0.6 is 0 Å². The zero-order valence-corrected chi connectivity index (χ0v) is 10.3. The molecule has 0 amide bonds. The molecule has 0 atom stereocenters. The highest BCUT2D eigenvalue weighted by Gasteiger charge is 2.06. The third-order valence-corrected chi connectivity index (χ3v) is 2.51. The predicted molar refractivity (Wildman–Crippen MR) is 70.9 cm³/mol. The first-order chi connectivity index (χ1) is 9.06. The second-order valence-electron chi connectivity index (χ2n) is 3.98. The van der Waals surface area contributed by atoms with Crippen LogP contribution in [0.25, 0.3) is 0 Å². The van der Waals surface area contributed by atoms with Crippen LogP contribution in [0.4, 0.5) is 11.5 Å². The Morgan fingerprint density at radius 3 is 2.58 bits per heavy atom. The third-order valence-electron chi connectivity index (χ3n) is 2.51. The summed E-state index contributed by atoms with van der Waals surface area (Å²) in [6.07, 6.45) is 0. The summed E-state index contributed by atoms with van der Waals surface area (Å²) in [5.74, 6) is -0.697. The van der Waals surface area contributed by atoms with Crippen LogP contribution < -0.4 is 5.32 Å². The van der Waals surface area contributed by atoms with Crippen LogP contribution in [-0.2, 0) is 0 Å². The highest BCUT2D eigenvalue weighted by molar-refractivity contribution is 5.95. The normalized spacial score (nSPS) is 9.95. The van der Waals surface area contributed by atoms with Gasteiger partial charge in [-0.05, 0) is 31.2 Å². The summed E-state index contributed by atoms with van der Waals surface area (Å²) >= 11 is 0. The van der Waals surface area contributed by atoms with Crippen molar-refractivity contribution in [2.24, 2.45) is 0 Å². The fourth-order valence-electron chi connectivity index (χ4n) is 1.59. The molecule has 0 aliphatic carbocycles. The van der Waals surface area contributed by atoms with Gasteiger partial charge in [-0.1, -0.05) is 18.2 Å². The molecule has 19 heavy (non-hydrogen) atoms. The van der Waals surface area contributed by atoms with Gasteiger partial charge in [-0.3, -0.25) is 4.79 Å². The summed E-state index contributed by atoms with van der Waals surface area (Å²) in [5, 5.41) is 11.8. The van der Waals surface area contributed by atoms with Crippen molar-refractivity contribution in [1.29, 1.82) is 0 Å². The third kappa shape index (κ3) is 3.16. The molecule has 96 valence electrons. The first kappa shape index (κ1) is 12.8. The minimum absolute atomic E-state index is 0.0316. The van der Waals surface area contributed by atoms with Gasteiger partial charge in [0.1, 0.15) is 5.82 Å². The van der Waals surface area contributed by atoms with Gasteiger partial charge in [0.05, 0.1) is 0 Å². The summed E-state index contributed by atoms with van der Waals surface area (Å²) in [4.78, 5) is 26.0. The molecule has 0 saturated carbocycles. The fourth-order valence-corrected chi connectivity index (χ4v) is 1.59. The molecular formula is C14H12N2O3. The molecule has 0 fully saturated rings. The Morgan fingerprint density at radius 2 is 1.89 bits per heavy atom. The average molecular weight is 256 g/mol. The summed E-state index contributed by atoms with van der Waals surface area (Å²) in [5.41, 5.74) is 1.23. The van der Waals surface area contributed by atoms with E-state index in [2.05, 4.69) is 10.3 Å². The fraction of sp³-hybridized carbons (Fsp3) is 0.0714. The first-order valence-electron chi connectivity index (χ1n) is 5.64. The molecule has 1 aromatic carbocycles. The molecule has 2 rings (SSSR count). The van der Waals surface area contributed by atoms with E-state index >= 15 is 0 Å². The van der Waals surface area contributed by atoms with Crippen LogP contribution in [-0.4, -0.2) is 21.8 Å². The largest absolute Gasteiger partial charge is 0.477 e. The number of ketones is 1. The number of benzene rings is 1. The van der Waals surface area contributed by atoms with E-state index in [1.165, 1.54) is 13.0 Å². The van der Waals surface area contributed by atoms with Crippen LogP contribution in [0, 0.1) is 0 Å². The van der Waals surface area contributed by atoms with E-state index in [9.17, 15) is 9.59 Å². The number of nitrogens with zero attached hydrogens (tertiary/aromatic N) is 1. The van der Waals surface area contributed by atoms with Crippen molar-refractivity contribution in [3.8, 4) is 0 Å². The number of Topliss-reactive ketones (excluding diaryl/α,β-unsaturated/α-hetero) is 1. The molecule has 1 aromatic heterocycles. The number of carboxylic acids is 1. The van der Waals surface area contributed by atoms with E-state index in [1.807, 2.05) is 0 Å². The predicted octanol–water partition coefficient (Wildman–Crippen LogP) is 2.73. The number of carbonyl (C=O) groups is 2. The van der Waals surface area contributed by atoms with Crippen molar-refractivity contribution in [2.45, 2.75) is 6.92 Å². The lowest BCUT2D eigenvalue weighted by Gasteiger charge is -2.07. The topological polar surface area (TPSA) is 79.3 Å². The molecule has 0 saturated heterocycles. The summed E-state index contributed by atoms with van der Waals surface area (Å²) < 4.78 is 0. The average Bonchev–Trinajstić information content (AvgIpc) is 2.39. The number of aromatic carboxylic acids is 1. The Morgan fingerprint density at radius 1 is 1.16 bits per heavy atom. The quantitative estimate of drug-likeness (QED) is 0.822. The van der Waals surface area contributed by atoms with Crippen LogP contribution in [0.15, 0.2) is 42.5 Å². The monoisotopic (exact) mass is 256 g/mol. The lowest BCUT2D eigenvalue weighted by molar-refractivity contribution is 0.0690. The second kappa shape index (κ2) is 5.30. The molecule has 2 aromatic rings. The van der Waals surface area contributed by atoms with Crippen molar-refractivity contribution < 1.29 is 14.7 Å². The Kier molecular flexibility index (Phi) is 3.56. The number of carbonyl (C=O) groups excluding carboxylic acids is 1. The van der Waals surface area contributed by atoms with Crippen molar-refractivity contribution in [1.82, 2.24) is 4.98 Å². The van der Waals surface area contributed by atoms with E-state index in [0.717, 1.165) is 0 Å². The van der Waals surface area contributed by atoms with Crippen LogP contribution in [0.5, 0.6) is 0 Å². The summed E-state index contributed by atoms with van der Waals surface area (Å²) in [7, 11) is 0. The van der Waals surface area contributed by atoms with Crippen molar-refractivity contribution in [2.75, 3.05) is 5.32 Å². The van der Waals surface area contributed by atoms with Gasteiger partial charge in [-0.15, -0.1) is 0 Å². The number of carboxylic acid groups (broad SMARTS) is 1. The Balaban J connectivity index is 2.26. The molecule has 0 radical (unpaired) electrons. The number of rotatable bonds is 4. The van der Waals surface area contributed by atoms with Gasteiger partial charge in [0.25, 0.3) is 0 Å². The number of hydrogen-bond donors (Lipinski definition) is 2. The smallest absolute Gasteiger partial charge is 0.354 e. The number of nitrogens with one attached hydrogen (secondary N) is 1. The van der Waals surface area contributed by atoms with Gasteiger partial charge in [-0.25, -0.2) is 9.78 Å². The maximum atomic E-state index is 11.3. The van der Waals surface area contributed by atoms with E-state index in [4.69, 9.17) is 5.11 Å². The van der Waals surface area contributed by atoms with Gasteiger partial charge in [-0.2, -0.15) is 0 Å². The Hall–Kier alpha value is -2.69. The van der Waals surface area contributed by atoms with Crippen LogP contribution in [0.1, 0.15) is 27.8 Å². The highest BCUT2D eigenvalue weighted by atomic mass is 16.4. The second-order valence-corrected chi connectivity index (χ2v) is 3.98. The van der Waals surface area contributed by atoms with E-state index in [1.54, 1.807) is 36.4 Å². The molecular weight excluding hydrogens is 244 g/mol. The maximum Gasteiger partial charge on any atom is 0.354 e. The van der Waals surface area contributed by atoms with Crippen molar-refractivity contribution in [3.05, 3.63) is 53.7 Å². The molecule has 0 aliphatic heterocycles. The van der Waals surface area contributed by atoms with Gasteiger partial charge >= 0.3 is 5.97 Å². The van der Waals surface area contributed by atoms with Crippen molar-refractivity contribution >= 4 is 23.3 Å². The zero-order chi connectivity index (χ0) is 13.8. The zero-order valence-electron chi connectivity index (χ0n) is 10.3. The van der Waals surface area contributed by atoms with Crippen molar-refractivity contribution in [3.63, 3.8) is 0 Å². The van der Waals surface area contributed by atoms with E-state index in [-0.39, 0.29) is 11.5 Å². The lowest BCUT2D eigenvalue weighted by atomic mass is 10.1. The van der Waals surface area contributed by atoms with Crippen LogP contribution in [0.3, 0.4) is 0 Å². The van der Waals surface area contributed by atoms with E-state index < -0.39 is 5.97 Å². The van der Waals surface area contributed by atoms with E-state index in [0.29, 0.717) is 17.1 Å². The molecule has 0 unspecified atom stereocenters. The molecule has 5 heteroatoms. The highest BCUT2D eigenvalue weighted by Crippen LogP contribution is 2.16. The number of aromatic nitrogens is 1. The number of anilines is 2. The SMILES string of the molecule is CC(=O)c1cccc(Nc2cccc(C(=O)O)n2)c1. The molecule has 2 N–H and O–H groups in total. The summed E-state index contributed by atoms with van der Waals surface area (Å²) in [6.45, 7) is 1.49. The molecule has 0 spiro atoms. The minimum Gasteiger partial charge on any atom is -0.477 e. The van der Waals surface area contributed by atoms with Gasteiger partial charge in [0, 0.05) is 11.3 Å². The number of hydrogen-bond acceptors (Lipinski definition) is 4. The standard InChI is InChI=1S/C14H12N2O3/c1-9(17)10-4-2-5-11(8-10)15-13-7-3-6-12(16-13)14(18)19/h2-8H,1H3,(H,15,16)(H,18,19). The molecule has 5 nitrogen and oxygen atoms in total. The molecule has 1 heterocycles. The Bertz CT molecular complexity index is 583. The Labute approximate surface area is 109 Å². The van der Waals surface area contributed by atoms with Gasteiger partial charge in [0.2, 0.25) is 0 Å². The first-order valence-corrected chi connectivity index (χ1v) is 5.64. The summed E-state index contributed by atoms with van der Waals surface area (Å²) in [6, 6.07) is 11.6. The van der Waals surface area contributed by atoms with Gasteiger partial charge in [0.15, 0.2) is 11.5 Å².